The van der Waals surface area contributed by atoms with Crippen LogP contribution in [0.5, 0.6) is 0 Å². The van der Waals surface area contributed by atoms with Crippen molar-refractivity contribution in [2.75, 3.05) is 17.5 Å². The van der Waals surface area contributed by atoms with E-state index in [2.05, 4.69) is 10.0 Å². The number of furan rings is 1. The highest BCUT2D eigenvalue weighted by Gasteiger charge is 2.26. The van der Waals surface area contributed by atoms with Gasteiger partial charge in [0, 0.05) is 54.2 Å². The number of benzene rings is 3. The molecule has 4 heterocycles. The zero-order valence-corrected chi connectivity index (χ0v) is 25.0. The van der Waals surface area contributed by atoms with Crippen molar-refractivity contribution in [1.29, 1.82) is 0 Å². The number of anilines is 1. The summed E-state index contributed by atoms with van der Waals surface area (Å²) < 4.78 is 66.3. The molecule has 0 aliphatic carbocycles. The van der Waals surface area contributed by atoms with Gasteiger partial charge in [-0.05, 0) is 67.1 Å². The molecular weight excluding hydrogens is 602 g/mol. The first-order valence-corrected chi connectivity index (χ1v) is 15.9. The van der Waals surface area contributed by atoms with E-state index >= 15 is 0 Å². The van der Waals surface area contributed by atoms with E-state index in [1.807, 2.05) is 10.6 Å². The molecule has 3 aromatic heterocycles. The Hall–Kier alpha value is -5.23. The maximum atomic E-state index is 14.7. The predicted molar refractivity (Wildman–Crippen MR) is 169 cm³/mol. The van der Waals surface area contributed by atoms with Gasteiger partial charge in [-0.25, -0.2) is 17.2 Å². The Kier molecular flexibility index (Phi) is 6.62. The van der Waals surface area contributed by atoms with Crippen LogP contribution in [0.15, 0.2) is 82.0 Å². The quantitative estimate of drug-likeness (QED) is 0.236. The molecule has 45 heavy (non-hydrogen) atoms. The number of sulfonamides is 1. The van der Waals surface area contributed by atoms with E-state index in [4.69, 9.17) is 4.42 Å². The van der Waals surface area contributed by atoms with E-state index in [0.717, 1.165) is 0 Å². The van der Waals surface area contributed by atoms with Crippen molar-refractivity contribution >= 4 is 43.5 Å². The molecule has 0 bridgehead atoms. The Morgan fingerprint density at radius 1 is 0.911 bits per heavy atom. The molecule has 9 nitrogen and oxygen atoms in total. The summed E-state index contributed by atoms with van der Waals surface area (Å²) in [4.78, 5) is 26.7. The number of amides is 1. The first kappa shape index (κ1) is 28.5. The fourth-order valence-corrected chi connectivity index (χ4v) is 6.61. The lowest BCUT2D eigenvalue weighted by Crippen LogP contribution is -2.28. The predicted octanol–water partition coefficient (Wildman–Crippen LogP) is 5.96. The van der Waals surface area contributed by atoms with E-state index < -0.39 is 21.7 Å². The minimum atomic E-state index is -3.79. The lowest BCUT2D eigenvalue weighted by Gasteiger charge is -2.23. The molecule has 0 unspecified atom stereocenters. The summed E-state index contributed by atoms with van der Waals surface area (Å²) >= 11 is 0. The largest absolute Gasteiger partial charge is 0.455 e. The van der Waals surface area contributed by atoms with Gasteiger partial charge in [-0.3, -0.25) is 14.3 Å². The van der Waals surface area contributed by atoms with Gasteiger partial charge in [0.25, 0.3) is 11.5 Å². The maximum absolute atomic E-state index is 14.7. The van der Waals surface area contributed by atoms with E-state index in [1.54, 1.807) is 28.8 Å². The highest BCUT2D eigenvalue weighted by atomic mass is 32.2. The van der Waals surface area contributed by atoms with Crippen LogP contribution in [0.4, 0.5) is 14.5 Å². The van der Waals surface area contributed by atoms with E-state index in [9.17, 15) is 26.8 Å². The molecule has 1 amide bonds. The molecule has 0 saturated carbocycles. The van der Waals surface area contributed by atoms with Crippen LogP contribution in [0.2, 0.25) is 0 Å². The average molecular weight is 629 g/mol. The van der Waals surface area contributed by atoms with Crippen molar-refractivity contribution < 1.29 is 26.4 Å². The molecule has 12 heteroatoms. The smallest absolute Gasteiger partial charge is 0.255 e. The normalized spacial score (nSPS) is 12.7. The van der Waals surface area contributed by atoms with Crippen molar-refractivity contribution in [3.63, 3.8) is 0 Å². The number of aromatic nitrogens is 2. The SMILES string of the molecule is CCS(=O)(=O)Nc1cc2oc(-c3ccc(F)cc3)c(C(=O)NC)c2cc1-c1cc2n(c(=O)c1)CCn1c-2cc2c(F)cccc21. The minimum Gasteiger partial charge on any atom is -0.455 e. The molecular formula is C33H26F2N4O5S. The second-order valence-electron chi connectivity index (χ2n) is 10.8. The molecule has 0 saturated heterocycles. The molecule has 228 valence electrons. The van der Waals surface area contributed by atoms with Gasteiger partial charge in [0.1, 0.15) is 23.0 Å². The lowest BCUT2D eigenvalue weighted by molar-refractivity contribution is 0.0964. The highest BCUT2D eigenvalue weighted by molar-refractivity contribution is 7.92. The third kappa shape index (κ3) is 4.69. The number of halogens is 2. The van der Waals surface area contributed by atoms with Crippen LogP contribution in [0.1, 0.15) is 17.3 Å². The summed E-state index contributed by atoms with van der Waals surface area (Å²) in [6, 6.07) is 18.2. The van der Waals surface area contributed by atoms with Crippen molar-refractivity contribution in [2.24, 2.45) is 0 Å². The van der Waals surface area contributed by atoms with Crippen molar-refractivity contribution in [3.8, 4) is 33.8 Å². The number of hydrogen-bond donors (Lipinski definition) is 2. The Balaban J connectivity index is 1.50. The Labute approximate surface area is 255 Å². The van der Waals surface area contributed by atoms with Gasteiger partial charge in [-0.15, -0.1) is 0 Å². The third-order valence-corrected chi connectivity index (χ3v) is 9.47. The number of carbonyl (C=O) groups is 1. The molecule has 1 aliphatic heterocycles. The fourth-order valence-electron chi connectivity index (χ4n) is 5.96. The summed E-state index contributed by atoms with van der Waals surface area (Å²) in [5.74, 6) is -1.36. The average Bonchev–Trinajstić information content (AvgIpc) is 3.60. The number of nitrogens with zero attached hydrogens (tertiary/aromatic N) is 2. The molecule has 0 fully saturated rings. The summed E-state index contributed by atoms with van der Waals surface area (Å²) in [7, 11) is -2.33. The number of aryl methyl sites for hydroxylation is 1. The number of rotatable bonds is 6. The van der Waals surface area contributed by atoms with Crippen LogP contribution in [-0.2, 0) is 23.1 Å². The van der Waals surface area contributed by atoms with Crippen molar-refractivity contribution in [3.05, 3.63) is 100 Å². The zero-order chi connectivity index (χ0) is 31.6. The van der Waals surface area contributed by atoms with Gasteiger partial charge in [0.15, 0.2) is 0 Å². The first-order valence-electron chi connectivity index (χ1n) is 14.2. The molecule has 0 atom stereocenters. The van der Waals surface area contributed by atoms with Gasteiger partial charge in [0.2, 0.25) is 10.0 Å². The lowest BCUT2D eigenvalue weighted by atomic mass is 9.98. The van der Waals surface area contributed by atoms with Crippen LogP contribution in [0.3, 0.4) is 0 Å². The number of nitrogens with one attached hydrogen (secondary N) is 2. The molecule has 2 N–H and O–H groups in total. The van der Waals surface area contributed by atoms with Gasteiger partial charge in [-0.2, -0.15) is 0 Å². The standard InChI is InChI=1S/C33H26F2N4O5S/c1-3-45(42,43)37-25-17-29-23(31(33(41)36-2)32(44-29)18-7-9-20(34)10-8-18)15-21(25)19-13-27-28-16-22-24(35)5-4-6-26(22)38(28)11-12-39(27)30(40)14-19/h4-10,13-17,37H,3,11-12H2,1-2H3,(H,36,41). The van der Waals surface area contributed by atoms with Gasteiger partial charge in [-0.1, -0.05) is 6.07 Å². The number of fused-ring (bicyclic) bond motifs is 6. The van der Waals surface area contributed by atoms with Crippen LogP contribution in [-0.4, -0.2) is 36.3 Å². The topological polar surface area (TPSA) is 115 Å². The van der Waals surface area contributed by atoms with Gasteiger partial charge in [0.05, 0.1) is 33.9 Å². The third-order valence-electron chi connectivity index (χ3n) is 8.18. The van der Waals surface area contributed by atoms with Crippen LogP contribution in [0.25, 0.3) is 55.7 Å². The highest BCUT2D eigenvalue weighted by Crippen LogP contribution is 2.41. The molecule has 7 rings (SSSR count). The van der Waals surface area contributed by atoms with E-state index in [0.29, 0.717) is 57.5 Å². The Bertz CT molecular complexity index is 2360. The zero-order valence-electron chi connectivity index (χ0n) is 24.1. The summed E-state index contributed by atoms with van der Waals surface area (Å²) in [5, 5.41) is 3.40. The van der Waals surface area contributed by atoms with Crippen LogP contribution < -0.4 is 15.6 Å². The van der Waals surface area contributed by atoms with Crippen molar-refractivity contribution in [1.82, 2.24) is 14.5 Å². The molecule has 0 radical (unpaired) electrons. The second-order valence-corrected chi connectivity index (χ2v) is 12.8. The van der Waals surface area contributed by atoms with Crippen LogP contribution in [0, 0.1) is 11.6 Å². The fraction of sp³-hybridized carbons (Fsp3) is 0.152. The summed E-state index contributed by atoms with van der Waals surface area (Å²) in [5.41, 5.74) is 3.22. The van der Waals surface area contributed by atoms with Crippen molar-refractivity contribution in [2.45, 2.75) is 20.0 Å². The minimum absolute atomic E-state index is 0.138. The Morgan fingerprint density at radius 3 is 2.38 bits per heavy atom. The molecule has 0 spiro atoms. The number of carbonyl (C=O) groups excluding carboxylic acids is 1. The second kappa shape index (κ2) is 10.4. The number of hydrogen-bond acceptors (Lipinski definition) is 5. The number of pyridine rings is 1. The Morgan fingerprint density at radius 2 is 1.64 bits per heavy atom. The maximum Gasteiger partial charge on any atom is 0.255 e. The van der Waals surface area contributed by atoms with Gasteiger partial charge >= 0.3 is 0 Å². The summed E-state index contributed by atoms with van der Waals surface area (Å²) in [6.07, 6.45) is 0. The van der Waals surface area contributed by atoms with E-state index in [1.165, 1.54) is 56.4 Å². The molecule has 1 aliphatic rings. The monoisotopic (exact) mass is 628 g/mol. The molecule has 3 aromatic carbocycles. The summed E-state index contributed by atoms with van der Waals surface area (Å²) in [6.45, 7) is 2.32. The van der Waals surface area contributed by atoms with Gasteiger partial charge < -0.3 is 18.9 Å². The first-order chi connectivity index (χ1) is 21.6. The van der Waals surface area contributed by atoms with E-state index in [-0.39, 0.29) is 39.7 Å². The molecule has 6 aromatic rings. The van der Waals surface area contributed by atoms with Crippen LogP contribution >= 0.6 is 0 Å².